The fourth-order valence-corrected chi connectivity index (χ4v) is 10.2. The first kappa shape index (κ1) is 45.1. The molecule has 2 saturated carbocycles. The lowest BCUT2D eigenvalue weighted by Crippen LogP contribution is -2.60. The highest BCUT2D eigenvalue weighted by atomic mass is 32.2. The van der Waals surface area contributed by atoms with Crippen LogP contribution in [0.25, 0.3) is 11.1 Å². The molecule has 3 aliphatic carbocycles. The largest absolute Gasteiger partial charge is 0.449 e. The van der Waals surface area contributed by atoms with Gasteiger partial charge in [-0.25, -0.2) is 27.2 Å². The van der Waals surface area contributed by atoms with Crippen LogP contribution in [0.3, 0.4) is 0 Å². The Kier molecular flexibility index (Phi) is 12.1. The van der Waals surface area contributed by atoms with E-state index >= 15 is 0 Å². The third-order valence-corrected chi connectivity index (χ3v) is 14.2. The monoisotopic (exact) mass is 914 g/mol. The lowest BCUT2D eigenvalue weighted by atomic mass is 9.98. The van der Waals surface area contributed by atoms with Crippen LogP contribution >= 0.6 is 0 Å². The Bertz CT molecular complexity index is 2520. The molecule has 0 aromatic heterocycles. The van der Waals surface area contributed by atoms with Gasteiger partial charge in [-0.2, -0.15) is 0 Å². The lowest BCUT2D eigenvalue weighted by Gasteiger charge is -2.30. The molecule has 3 fully saturated rings. The van der Waals surface area contributed by atoms with Crippen molar-refractivity contribution in [2.45, 2.75) is 100 Å². The zero-order chi connectivity index (χ0) is 46.4. The molecule has 0 unspecified atom stereocenters. The lowest BCUT2D eigenvalue weighted by molar-refractivity contribution is -0.141. The number of benzene rings is 3. The predicted molar refractivity (Wildman–Crippen MR) is 232 cm³/mol. The summed E-state index contributed by atoms with van der Waals surface area (Å²) < 4.78 is 59.2. The average Bonchev–Trinajstić information content (AvgIpc) is 4.11. The van der Waals surface area contributed by atoms with E-state index < -0.39 is 98.9 Å². The summed E-state index contributed by atoms with van der Waals surface area (Å²) >= 11 is 0. The summed E-state index contributed by atoms with van der Waals surface area (Å²) in [5.74, 6) is -4.14. The molecule has 17 nitrogen and oxygen atoms in total. The first-order chi connectivity index (χ1) is 30.9. The highest BCUT2D eigenvalue weighted by Gasteiger charge is 2.62. The molecule has 3 aromatic carbocycles. The Morgan fingerprint density at radius 3 is 2.23 bits per heavy atom. The van der Waals surface area contributed by atoms with Gasteiger partial charge in [0.15, 0.2) is 0 Å². The first-order valence-electron chi connectivity index (χ1n) is 21.5. The van der Waals surface area contributed by atoms with Crippen molar-refractivity contribution in [3.8, 4) is 11.1 Å². The molecule has 0 bridgehead atoms. The zero-order valence-electron chi connectivity index (χ0n) is 36.1. The van der Waals surface area contributed by atoms with Crippen LogP contribution in [0.2, 0.25) is 0 Å². The first-order valence-corrected chi connectivity index (χ1v) is 23.0. The van der Waals surface area contributed by atoms with E-state index in [1.165, 1.54) is 23.1 Å². The van der Waals surface area contributed by atoms with Crippen molar-refractivity contribution >= 4 is 46.0 Å². The van der Waals surface area contributed by atoms with Crippen molar-refractivity contribution < 1.29 is 55.8 Å². The average molecular weight is 915 g/mol. The Hall–Kier alpha value is -6.50. The summed E-state index contributed by atoms with van der Waals surface area (Å²) in [7, 11) is -4.01. The molecule has 2 aliphatic heterocycles. The molecule has 5 aliphatic rings. The third kappa shape index (κ3) is 9.51. The van der Waals surface area contributed by atoms with Crippen LogP contribution in [0.5, 0.6) is 0 Å². The predicted octanol–water partition coefficient (Wildman–Crippen LogP) is 4.35. The third-order valence-electron chi connectivity index (χ3n) is 12.3. The van der Waals surface area contributed by atoms with Crippen molar-refractivity contribution in [1.29, 1.82) is 0 Å². The van der Waals surface area contributed by atoms with Crippen molar-refractivity contribution in [3.05, 3.63) is 107 Å². The topological polar surface area (TPSA) is 219 Å². The Balaban J connectivity index is 1.01. The molecular formula is C46H51FN6O11S. The number of carbonyl (C=O) groups is 6. The normalized spacial score (nSPS) is 22.4. The summed E-state index contributed by atoms with van der Waals surface area (Å²) in [6.45, 7) is 7.59. The van der Waals surface area contributed by atoms with Crippen molar-refractivity contribution in [2.24, 2.45) is 5.92 Å². The molecule has 5 atom stereocenters. The molecule has 3 aromatic rings. The smallest absolute Gasteiger partial charge is 0.410 e. The fourth-order valence-electron chi connectivity index (χ4n) is 8.81. The van der Waals surface area contributed by atoms with Crippen molar-refractivity contribution in [3.63, 3.8) is 0 Å². The summed E-state index contributed by atoms with van der Waals surface area (Å²) in [6.07, 6.45) is -1.96. The second-order valence-corrected chi connectivity index (χ2v) is 20.0. The van der Waals surface area contributed by atoms with Gasteiger partial charge in [0, 0.05) is 30.4 Å². The Labute approximate surface area is 375 Å². The van der Waals surface area contributed by atoms with E-state index in [1.54, 1.807) is 26.8 Å². The van der Waals surface area contributed by atoms with Gasteiger partial charge in [-0.05, 0) is 73.9 Å². The van der Waals surface area contributed by atoms with E-state index in [1.807, 2.05) is 48.5 Å². The molecule has 0 radical (unpaired) electrons. The van der Waals surface area contributed by atoms with Crippen LogP contribution in [-0.2, 0) is 51.7 Å². The molecule has 19 heteroatoms. The zero-order valence-corrected chi connectivity index (χ0v) is 37.0. The molecule has 4 N–H and O–H groups in total. The summed E-state index contributed by atoms with van der Waals surface area (Å²) in [5.41, 5.74) is 2.21. The maximum atomic E-state index is 14.7. The van der Waals surface area contributed by atoms with Gasteiger partial charge in [0.25, 0.3) is 5.91 Å². The number of ether oxygens (including phenoxy) is 3. The minimum absolute atomic E-state index is 0.0201. The fraction of sp³-hybridized carbons (Fsp3) is 0.435. The second-order valence-electron chi connectivity index (χ2n) is 18.1. The van der Waals surface area contributed by atoms with Gasteiger partial charge in [-0.3, -0.25) is 24.0 Å². The molecule has 344 valence electrons. The number of hydrogen-bond donors (Lipinski definition) is 4. The van der Waals surface area contributed by atoms with Crippen LogP contribution in [0.15, 0.2) is 79.4 Å². The van der Waals surface area contributed by atoms with Crippen molar-refractivity contribution in [1.82, 2.24) is 30.5 Å². The highest BCUT2D eigenvalue weighted by Crippen LogP contribution is 2.46. The number of rotatable bonds is 13. The SMILES string of the molecule is C=C[C@@H]1C[C@]1(NC(=O)[C@@H]1C[C@@H](OC(=O)N2Cc3cccc(F)c3C2)CN1C(=O)[C@H](CNC(=O)OCC1c2ccccc2-c2ccccc21)NC(=O)OC(C)(C)C)C(=O)NS(=O)(=O)C1CC1. The number of hydrogen-bond acceptors (Lipinski definition) is 11. The van der Waals surface area contributed by atoms with Gasteiger partial charge in [-0.1, -0.05) is 66.7 Å². The van der Waals surface area contributed by atoms with E-state index in [0.29, 0.717) is 24.0 Å². The second kappa shape index (κ2) is 17.5. The number of halogens is 1. The molecule has 65 heavy (non-hydrogen) atoms. The summed E-state index contributed by atoms with van der Waals surface area (Å²) in [4.78, 5) is 85.1. The van der Waals surface area contributed by atoms with E-state index in [4.69, 9.17) is 14.2 Å². The van der Waals surface area contributed by atoms with Crippen LogP contribution in [-0.4, -0.2) is 108 Å². The summed E-state index contributed by atoms with van der Waals surface area (Å²) in [5, 5.41) is 6.99. The maximum absolute atomic E-state index is 14.7. The Morgan fingerprint density at radius 1 is 0.938 bits per heavy atom. The number of amides is 6. The van der Waals surface area contributed by atoms with Crippen LogP contribution < -0.4 is 20.7 Å². The van der Waals surface area contributed by atoms with Crippen LogP contribution in [0.4, 0.5) is 18.8 Å². The molecule has 0 spiro atoms. The van der Waals surface area contributed by atoms with E-state index in [9.17, 15) is 41.6 Å². The minimum atomic E-state index is -4.01. The van der Waals surface area contributed by atoms with E-state index in [-0.39, 0.29) is 45.0 Å². The van der Waals surface area contributed by atoms with Gasteiger partial charge in [0.05, 0.1) is 24.9 Å². The quantitative estimate of drug-likeness (QED) is 0.140. The number of fused-ring (bicyclic) bond motifs is 4. The van der Waals surface area contributed by atoms with Gasteiger partial charge in [-0.15, -0.1) is 6.58 Å². The standard InChI is InChI=1S/C46H51FN6O11S/c1-5-27-20-46(27,41(56)51-65(60,61)29-17-18-29)50-39(54)38-19-28(63-44(59)52-22-26-11-10-16-36(47)34(26)24-52)23-53(38)40(55)37(49-43(58)64-45(2,3)4)21-48-42(57)62-25-35-32-14-8-6-12-30(32)31-13-7-9-15-33(31)35/h5-16,27-29,35,37-38H,1,17-25H2,2-4H3,(H,48,57)(H,49,58)(H,50,54)(H,51,56)/t27-,28-,37+,38+,46-/m1/s1. The van der Waals surface area contributed by atoms with Gasteiger partial charge in [0.2, 0.25) is 21.8 Å². The van der Waals surface area contributed by atoms with Gasteiger partial charge >= 0.3 is 18.3 Å². The maximum Gasteiger partial charge on any atom is 0.410 e. The number of likely N-dealkylation sites (tertiary alicyclic amines) is 1. The van der Waals surface area contributed by atoms with Gasteiger partial charge < -0.3 is 35.1 Å². The molecule has 1 saturated heterocycles. The highest BCUT2D eigenvalue weighted by molar-refractivity contribution is 7.91. The number of nitrogens with zero attached hydrogens (tertiary/aromatic N) is 2. The molecule has 2 heterocycles. The minimum Gasteiger partial charge on any atom is -0.449 e. The number of carbonyl (C=O) groups excluding carboxylic acids is 6. The number of nitrogens with one attached hydrogen (secondary N) is 4. The van der Waals surface area contributed by atoms with E-state index in [0.717, 1.165) is 27.2 Å². The summed E-state index contributed by atoms with van der Waals surface area (Å²) in [6, 6.07) is 17.0. The van der Waals surface area contributed by atoms with E-state index in [2.05, 4.69) is 27.3 Å². The number of sulfonamides is 1. The van der Waals surface area contributed by atoms with Gasteiger partial charge in [0.1, 0.15) is 41.8 Å². The van der Waals surface area contributed by atoms with Crippen LogP contribution in [0, 0.1) is 11.7 Å². The molecule has 6 amide bonds. The number of alkyl carbamates (subject to hydrolysis) is 2. The molecular weight excluding hydrogens is 864 g/mol. The molecule has 8 rings (SSSR count). The van der Waals surface area contributed by atoms with Crippen LogP contribution in [0.1, 0.15) is 74.6 Å². The Morgan fingerprint density at radius 2 is 1.62 bits per heavy atom. The van der Waals surface area contributed by atoms with Crippen molar-refractivity contribution in [2.75, 3.05) is 19.7 Å².